The lowest BCUT2D eigenvalue weighted by Crippen LogP contribution is -2.43. The number of carbonyl (C=O) groups excluding carboxylic acids is 1. The fraction of sp³-hybridized carbons (Fsp3) is 0.160. The van der Waals surface area contributed by atoms with Gasteiger partial charge < -0.3 is 4.90 Å². The summed E-state index contributed by atoms with van der Waals surface area (Å²) in [6, 6.07) is 22.4. The molecule has 1 aromatic heterocycles. The van der Waals surface area contributed by atoms with E-state index in [1.807, 2.05) is 42.3 Å². The maximum Gasteiger partial charge on any atom is 0.264 e. The predicted octanol–water partition coefficient (Wildman–Crippen LogP) is 3.55. The van der Waals surface area contributed by atoms with Crippen LogP contribution in [0.3, 0.4) is 0 Å². The van der Waals surface area contributed by atoms with Crippen molar-refractivity contribution in [2.45, 2.75) is 4.90 Å². The van der Waals surface area contributed by atoms with E-state index in [1.165, 1.54) is 23.5 Å². The fourth-order valence-electron chi connectivity index (χ4n) is 3.94. The van der Waals surface area contributed by atoms with Crippen molar-refractivity contribution in [3.8, 4) is 0 Å². The van der Waals surface area contributed by atoms with Crippen LogP contribution in [-0.4, -0.2) is 51.5 Å². The number of para-hydroxylation sites is 3. The Bertz CT molecular complexity index is 1470. The molecule has 1 aliphatic heterocycles. The summed E-state index contributed by atoms with van der Waals surface area (Å²) in [5.74, 6) is 0.888. The van der Waals surface area contributed by atoms with E-state index in [4.69, 9.17) is 9.97 Å². The van der Waals surface area contributed by atoms with Crippen LogP contribution in [0, 0.1) is 0 Å². The van der Waals surface area contributed by atoms with Crippen molar-refractivity contribution in [2.75, 3.05) is 41.3 Å². The molecule has 0 atom stereocenters. The largest absolute Gasteiger partial charge is 0.355 e. The van der Waals surface area contributed by atoms with Crippen molar-refractivity contribution in [3.63, 3.8) is 0 Å². The van der Waals surface area contributed by atoms with E-state index in [0.29, 0.717) is 41.5 Å². The van der Waals surface area contributed by atoms with Crippen molar-refractivity contribution in [1.82, 2.24) is 9.97 Å². The van der Waals surface area contributed by atoms with E-state index in [0.717, 1.165) is 5.52 Å². The molecule has 2 heterocycles. The Morgan fingerprint density at radius 3 is 2.06 bits per heavy atom. The first kappa shape index (κ1) is 21.8. The second-order valence-electron chi connectivity index (χ2n) is 8.07. The summed E-state index contributed by atoms with van der Waals surface area (Å²) in [4.78, 5) is 26.5. The molecule has 172 valence electrons. The van der Waals surface area contributed by atoms with Gasteiger partial charge >= 0.3 is 0 Å². The number of fused-ring (bicyclic) bond motifs is 2. The van der Waals surface area contributed by atoms with Crippen LogP contribution in [0.1, 0.15) is 10.4 Å². The fourth-order valence-corrected chi connectivity index (χ4v) is 5.13. The predicted molar refractivity (Wildman–Crippen MR) is 133 cm³/mol. The minimum absolute atomic E-state index is 0.111. The van der Waals surface area contributed by atoms with Gasteiger partial charge in [-0.2, -0.15) is 0 Å². The molecule has 9 heteroatoms. The molecule has 5 rings (SSSR count). The quantitative estimate of drug-likeness (QED) is 0.451. The van der Waals surface area contributed by atoms with Gasteiger partial charge in [0.1, 0.15) is 0 Å². The lowest BCUT2D eigenvalue weighted by molar-refractivity contribution is 0.0985. The number of nitrogens with zero attached hydrogens (tertiary/aromatic N) is 5. The van der Waals surface area contributed by atoms with Crippen molar-refractivity contribution < 1.29 is 13.2 Å². The molecule has 0 N–H and O–H groups in total. The molecule has 0 radical (unpaired) electrons. The molecular weight excluding hydrogens is 450 g/mol. The van der Waals surface area contributed by atoms with E-state index in [9.17, 15) is 13.2 Å². The van der Waals surface area contributed by atoms with Crippen molar-refractivity contribution in [2.24, 2.45) is 0 Å². The average molecular weight is 474 g/mol. The first-order valence-electron chi connectivity index (χ1n) is 10.8. The van der Waals surface area contributed by atoms with E-state index in [2.05, 4.69) is 0 Å². The highest BCUT2D eigenvalue weighted by atomic mass is 32.2. The number of rotatable bonds is 4. The van der Waals surface area contributed by atoms with E-state index < -0.39 is 10.0 Å². The van der Waals surface area contributed by atoms with Gasteiger partial charge in [-0.25, -0.2) is 18.4 Å². The summed E-state index contributed by atoms with van der Waals surface area (Å²) >= 11 is 0. The van der Waals surface area contributed by atoms with Gasteiger partial charge in [-0.05, 0) is 48.5 Å². The van der Waals surface area contributed by atoms with E-state index >= 15 is 0 Å². The van der Waals surface area contributed by atoms with Crippen molar-refractivity contribution in [3.05, 3.63) is 84.4 Å². The van der Waals surface area contributed by atoms with Gasteiger partial charge in [0.15, 0.2) is 11.6 Å². The number of sulfonamides is 1. The van der Waals surface area contributed by atoms with Gasteiger partial charge in [-0.15, -0.1) is 0 Å². The number of benzene rings is 3. The molecule has 3 aromatic carbocycles. The van der Waals surface area contributed by atoms with Gasteiger partial charge in [0.2, 0.25) is 0 Å². The summed E-state index contributed by atoms with van der Waals surface area (Å²) < 4.78 is 27.3. The summed E-state index contributed by atoms with van der Waals surface area (Å²) in [6.07, 6.45) is 0. The van der Waals surface area contributed by atoms with Crippen LogP contribution in [0.25, 0.3) is 11.0 Å². The van der Waals surface area contributed by atoms with Gasteiger partial charge in [0.25, 0.3) is 15.9 Å². The van der Waals surface area contributed by atoms with Gasteiger partial charge in [-0.1, -0.05) is 30.3 Å². The topological polar surface area (TPSA) is 86.7 Å². The van der Waals surface area contributed by atoms with Gasteiger partial charge in [-0.3, -0.25) is 14.0 Å². The van der Waals surface area contributed by atoms with E-state index in [1.54, 1.807) is 41.3 Å². The summed E-state index contributed by atoms with van der Waals surface area (Å²) in [6.45, 7) is 1.06. The van der Waals surface area contributed by atoms with Gasteiger partial charge in [0.05, 0.1) is 21.6 Å². The Kier molecular flexibility index (Phi) is 5.41. The number of carbonyl (C=O) groups is 1. The molecule has 0 saturated carbocycles. The highest BCUT2D eigenvalue weighted by Crippen LogP contribution is 2.32. The zero-order chi connectivity index (χ0) is 23.9. The Morgan fingerprint density at radius 2 is 1.41 bits per heavy atom. The second-order valence-corrected chi connectivity index (χ2v) is 10.0. The highest BCUT2D eigenvalue weighted by Gasteiger charge is 2.30. The maximum atomic E-state index is 13.4. The highest BCUT2D eigenvalue weighted by molar-refractivity contribution is 7.92. The second kappa shape index (κ2) is 8.42. The minimum atomic E-state index is -3.76. The van der Waals surface area contributed by atoms with Crippen molar-refractivity contribution >= 4 is 44.3 Å². The summed E-state index contributed by atoms with van der Waals surface area (Å²) in [5.41, 5.74) is 2.41. The summed E-state index contributed by atoms with van der Waals surface area (Å²) in [5, 5.41) is 0. The van der Waals surface area contributed by atoms with Crippen LogP contribution in [0.15, 0.2) is 83.8 Å². The SMILES string of the molecule is CN1CCN(C(=O)c2ccc(S(=O)(=O)N(C)c3ccccc3)cc2)c2nc3ccccc3nc21. The lowest BCUT2D eigenvalue weighted by atomic mass is 10.2. The molecule has 0 spiro atoms. The first-order valence-corrected chi connectivity index (χ1v) is 12.2. The Balaban J connectivity index is 1.45. The minimum Gasteiger partial charge on any atom is -0.355 e. The lowest BCUT2D eigenvalue weighted by Gasteiger charge is -2.33. The zero-order valence-electron chi connectivity index (χ0n) is 18.8. The van der Waals surface area contributed by atoms with E-state index in [-0.39, 0.29) is 10.8 Å². The molecule has 0 bridgehead atoms. The van der Waals surface area contributed by atoms with Gasteiger partial charge in [0, 0.05) is 32.7 Å². The standard InChI is InChI=1S/C25H23N5O3S/c1-28-16-17-30(24-23(28)26-21-10-6-7-11-22(21)27-24)25(31)18-12-14-20(15-13-18)34(32,33)29(2)19-8-4-3-5-9-19/h3-15H,16-17H2,1-2H3. The van der Waals surface area contributed by atoms with Crippen LogP contribution < -0.4 is 14.1 Å². The van der Waals surface area contributed by atoms with Crippen LogP contribution in [0.2, 0.25) is 0 Å². The third-order valence-corrected chi connectivity index (χ3v) is 7.74. The molecule has 0 aliphatic carbocycles. The molecule has 34 heavy (non-hydrogen) atoms. The number of aromatic nitrogens is 2. The zero-order valence-corrected chi connectivity index (χ0v) is 19.6. The molecule has 0 fully saturated rings. The molecule has 1 aliphatic rings. The Labute approximate surface area is 198 Å². The molecule has 4 aromatic rings. The number of hydrogen-bond donors (Lipinski definition) is 0. The summed E-state index contributed by atoms with van der Waals surface area (Å²) in [7, 11) is -0.329. The monoisotopic (exact) mass is 473 g/mol. The van der Waals surface area contributed by atoms with Crippen LogP contribution in [0.4, 0.5) is 17.3 Å². The normalized spacial score (nSPS) is 13.6. The molecule has 0 saturated heterocycles. The Hall–Kier alpha value is -3.98. The molecule has 1 amide bonds. The maximum absolute atomic E-state index is 13.4. The van der Waals surface area contributed by atoms with Crippen LogP contribution in [-0.2, 0) is 10.0 Å². The van der Waals surface area contributed by atoms with Crippen LogP contribution in [0.5, 0.6) is 0 Å². The number of amides is 1. The average Bonchev–Trinajstić information content (AvgIpc) is 2.88. The number of anilines is 3. The molecule has 0 unspecified atom stereocenters. The number of likely N-dealkylation sites (N-methyl/N-ethyl adjacent to an activating group) is 1. The number of hydrogen-bond acceptors (Lipinski definition) is 6. The van der Waals surface area contributed by atoms with Crippen molar-refractivity contribution in [1.29, 1.82) is 0 Å². The van der Waals surface area contributed by atoms with Crippen LogP contribution >= 0.6 is 0 Å². The smallest absolute Gasteiger partial charge is 0.264 e. The first-order chi connectivity index (χ1) is 16.4. The molecule has 8 nitrogen and oxygen atoms in total. The Morgan fingerprint density at radius 1 is 0.824 bits per heavy atom. The molecular formula is C25H23N5O3S. The third-order valence-electron chi connectivity index (χ3n) is 5.94. The third kappa shape index (κ3) is 3.73.